The maximum atomic E-state index is 14.7. The van der Waals surface area contributed by atoms with Crippen LogP contribution in [0.1, 0.15) is 25.5 Å². The van der Waals surface area contributed by atoms with Gasteiger partial charge in [0.1, 0.15) is 16.5 Å². The third-order valence-electron chi connectivity index (χ3n) is 6.42. The number of anilines is 2. The maximum absolute atomic E-state index is 14.7. The summed E-state index contributed by atoms with van der Waals surface area (Å²) in [7, 11) is 4.64. The highest BCUT2D eigenvalue weighted by Crippen LogP contribution is 2.49. The molecule has 38 heavy (non-hydrogen) atoms. The molecule has 1 N–H and O–H groups in total. The molecule has 9 nitrogen and oxygen atoms in total. The van der Waals surface area contributed by atoms with E-state index in [4.69, 9.17) is 32.7 Å². The van der Waals surface area contributed by atoms with Gasteiger partial charge in [0.05, 0.1) is 48.6 Å². The zero-order chi connectivity index (χ0) is 27.3. The number of hydrogen-bond acceptors (Lipinski definition) is 8. The Labute approximate surface area is 228 Å². The fraction of sp³-hybridized carbons (Fsp3) is 0.269. The minimum atomic E-state index is -0.532. The number of nitrogens with zero attached hydrogens (tertiary/aromatic N) is 5. The molecule has 12 heteroatoms. The molecular formula is C26H25Cl2FN6O3. The molecule has 2 aliphatic heterocycles. The van der Waals surface area contributed by atoms with Gasteiger partial charge in [0.15, 0.2) is 0 Å². The van der Waals surface area contributed by atoms with E-state index in [9.17, 15) is 9.18 Å². The van der Waals surface area contributed by atoms with Crippen LogP contribution >= 0.6 is 23.2 Å². The number of allylic oxidation sites excluding steroid dienone is 1. The zero-order valence-corrected chi connectivity index (χ0v) is 22.8. The first-order valence-electron chi connectivity index (χ1n) is 11.7. The highest BCUT2D eigenvalue weighted by molar-refractivity contribution is 6.31. The van der Waals surface area contributed by atoms with E-state index in [-0.39, 0.29) is 27.5 Å². The van der Waals surface area contributed by atoms with E-state index in [1.54, 1.807) is 31.6 Å². The van der Waals surface area contributed by atoms with E-state index in [0.29, 0.717) is 22.8 Å². The summed E-state index contributed by atoms with van der Waals surface area (Å²) >= 11 is 12.3. The topological polar surface area (TPSA) is 84.8 Å². The molecule has 2 aliphatic rings. The van der Waals surface area contributed by atoms with Crippen molar-refractivity contribution in [1.29, 1.82) is 0 Å². The lowest BCUT2D eigenvalue weighted by molar-refractivity contribution is 0.352. The number of aromatic nitrogens is 3. The number of hydrazine groups is 1. The van der Waals surface area contributed by atoms with Crippen LogP contribution in [0.2, 0.25) is 10.0 Å². The van der Waals surface area contributed by atoms with Crippen LogP contribution in [0.3, 0.4) is 0 Å². The number of ether oxygens (including phenoxy) is 2. The molecular weight excluding hydrogens is 534 g/mol. The SMILES string of the molecule is COc1ncc(N2NC3=CN(c4cc(Cl)c(=O)n(C)c4)C(c4ccc(Cl)c(F)c4)C3=C2C(C)C)c(OC)n1. The molecule has 0 aliphatic carbocycles. The predicted molar refractivity (Wildman–Crippen MR) is 144 cm³/mol. The lowest BCUT2D eigenvalue weighted by Crippen LogP contribution is -2.34. The molecule has 5 rings (SSSR count). The molecule has 0 saturated heterocycles. The Morgan fingerprint density at radius 3 is 2.53 bits per heavy atom. The number of halogens is 3. The Balaban J connectivity index is 1.72. The van der Waals surface area contributed by atoms with Gasteiger partial charge in [-0.05, 0) is 29.7 Å². The molecule has 0 bridgehead atoms. The van der Waals surface area contributed by atoms with Crippen LogP contribution in [0.25, 0.3) is 0 Å². The van der Waals surface area contributed by atoms with Crippen molar-refractivity contribution in [3.63, 3.8) is 0 Å². The lowest BCUT2D eigenvalue weighted by atomic mass is 9.93. The first kappa shape index (κ1) is 25.9. The normalized spacial score (nSPS) is 16.7. The maximum Gasteiger partial charge on any atom is 0.319 e. The average molecular weight is 559 g/mol. The molecule has 1 atom stereocenters. The third-order valence-corrected chi connectivity index (χ3v) is 7.00. The van der Waals surface area contributed by atoms with Crippen LogP contribution < -0.4 is 30.4 Å². The van der Waals surface area contributed by atoms with Gasteiger partial charge in [-0.1, -0.05) is 43.1 Å². The number of methoxy groups -OCH3 is 2. The second-order valence-electron chi connectivity index (χ2n) is 9.14. The second-order valence-corrected chi connectivity index (χ2v) is 9.95. The third kappa shape index (κ3) is 4.23. The van der Waals surface area contributed by atoms with Crippen molar-refractivity contribution in [2.45, 2.75) is 19.9 Å². The quantitative estimate of drug-likeness (QED) is 0.453. The summed E-state index contributed by atoms with van der Waals surface area (Å²) in [5.41, 5.74) is 7.62. The Bertz CT molecular complexity index is 1530. The number of nitrogens with one attached hydrogen (secondary N) is 1. The van der Waals surface area contributed by atoms with Crippen LogP contribution in [-0.2, 0) is 7.05 Å². The highest BCUT2D eigenvalue weighted by Gasteiger charge is 2.43. The summed E-state index contributed by atoms with van der Waals surface area (Å²) in [5.74, 6) is -0.200. The number of hydrogen-bond donors (Lipinski definition) is 1. The summed E-state index contributed by atoms with van der Waals surface area (Å²) in [6.07, 6.45) is 5.21. The van der Waals surface area contributed by atoms with Crippen molar-refractivity contribution in [2.24, 2.45) is 13.0 Å². The Morgan fingerprint density at radius 2 is 1.89 bits per heavy atom. The minimum absolute atomic E-state index is 0.0125. The fourth-order valence-corrected chi connectivity index (χ4v) is 5.14. The van der Waals surface area contributed by atoms with Gasteiger partial charge >= 0.3 is 6.01 Å². The highest BCUT2D eigenvalue weighted by atomic mass is 35.5. The molecule has 0 saturated carbocycles. The van der Waals surface area contributed by atoms with Gasteiger partial charge in [0.2, 0.25) is 5.88 Å². The standard InChI is InChI=1S/C26H25Cl2FN6O3/c1-13(2)22-21-19(32-35(22)20-10-30-26(38-5)31-24(20)37-4)12-34(15-9-17(28)25(36)33(3)11-15)23(21)14-6-7-16(27)18(29)8-14/h6-13,23,32H,1-5H3. The van der Waals surface area contributed by atoms with Crippen molar-refractivity contribution in [1.82, 2.24) is 20.0 Å². The molecule has 0 amide bonds. The van der Waals surface area contributed by atoms with E-state index in [1.165, 1.54) is 30.9 Å². The summed E-state index contributed by atoms with van der Waals surface area (Å²) in [5, 5.41) is 1.98. The number of fused-ring (bicyclic) bond motifs is 1. The van der Waals surface area contributed by atoms with Crippen LogP contribution in [0, 0.1) is 11.7 Å². The van der Waals surface area contributed by atoms with Gasteiger partial charge in [-0.3, -0.25) is 15.2 Å². The van der Waals surface area contributed by atoms with Gasteiger partial charge in [0, 0.05) is 25.0 Å². The summed E-state index contributed by atoms with van der Waals surface area (Å²) < 4.78 is 26.9. The number of benzene rings is 1. The number of pyridine rings is 1. The van der Waals surface area contributed by atoms with Gasteiger partial charge in [-0.2, -0.15) is 4.98 Å². The smallest absolute Gasteiger partial charge is 0.319 e. The molecule has 0 fully saturated rings. The van der Waals surface area contributed by atoms with Crippen LogP contribution in [0.5, 0.6) is 11.9 Å². The zero-order valence-electron chi connectivity index (χ0n) is 21.3. The van der Waals surface area contributed by atoms with E-state index >= 15 is 0 Å². The molecule has 0 spiro atoms. The van der Waals surface area contributed by atoms with Gasteiger partial charge in [-0.15, -0.1) is 0 Å². The van der Waals surface area contributed by atoms with Gasteiger partial charge in [0.25, 0.3) is 5.56 Å². The first-order valence-corrected chi connectivity index (χ1v) is 12.5. The Kier molecular flexibility index (Phi) is 6.70. The predicted octanol–water partition coefficient (Wildman–Crippen LogP) is 4.98. The number of rotatable bonds is 6. The Morgan fingerprint density at radius 1 is 1.13 bits per heavy atom. The van der Waals surface area contributed by atoms with Crippen molar-refractivity contribution < 1.29 is 13.9 Å². The molecule has 2 aromatic heterocycles. The molecule has 4 heterocycles. The largest absolute Gasteiger partial charge is 0.479 e. The Hall–Kier alpha value is -3.76. The summed E-state index contributed by atoms with van der Waals surface area (Å²) in [6, 6.07) is 6.06. The van der Waals surface area contributed by atoms with Gasteiger partial charge < -0.3 is 18.9 Å². The summed E-state index contributed by atoms with van der Waals surface area (Å²) in [4.78, 5) is 22.8. The van der Waals surface area contributed by atoms with E-state index in [2.05, 4.69) is 29.2 Å². The molecule has 1 unspecified atom stereocenters. The fourth-order valence-electron chi connectivity index (χ4n) is 4.77. The first-order chi connectivity index (χ1) is 18.1. The molecule has 3 aromatic rings. The average Bonchev–Trinajstić information content (AvgIpc) is 3.44. The van der Waals surface area contributed by atoms with Gasteiger partial charge in [-0.25, -0.2) is 9.37 Å². The van der Waals surface area contributed by atoms with Crippen molar-refractivity contribution in [2.75, 3.05) is 24.1 Å². The van der Waals surface area contributed by atoms with Crippen LogP contribution in [0.4, 0.5) is 15.8 Å². The molecule has 0 radical (unpaired) electrons. The number of aryl methyl sites for hydroxylation is 1. The molecule has 198 valence electrons. The van der Waals surface area contributed by atoms with Crippen LogP contribution in [0.15, 0.2) is 64.6 Å². The van der Waals surface area contributed by atoms with E-state index in [1.807, 2.05) is 16.1 Å². The summed E-state index contributed by atoms with van der Waals surface area (Å²) in [6.45, 7) is 4.12. The lowest BCUT2D eigenvalue weighted by Gasteiger charge is -2.31. The minimum Gasteiger partial charge on any atom is -0.479 e. The van der Waals surface area contributed by atoms with Crippen molar-refractivity contribution in [3.8, 4) is 11.9 Å². The van der Waals surface area contributed by atoms with Crippen LogP contribution in [-0.4, -0.2) is 28.8 Å². The molecule has 1 aromatic carbocycles. The second kappa shape index (κ2) is 9.85. The van der Waals surface area contributed by atoms with Crippen molar-refractivity contribution >= 4 is 34.6 Å². The van der Waals surface area contributed by atoms with E-state index < -0.39 is 11.9 Å². The monoisotopic (exact) mass is 558 g/mol. The van der Waals surface area contributed by atoms with Crippen molar-refractivity contribution in [3.05, 3.63) is 91.6 Å². The van der Waals surface area contributed by atoms with E-state index in [0.717, 1.165) is 17.0 Å².